The van der Waals surface area contributed by atoms with E-state index in [1.54, 1.807) is 12.1 Å². The Bertz CT molecular complexity index is 558. The van der Waals surface area contributed by atoms with E-state index in [1.165, 1.54) is 5.56 Å². The third-order valence-electron chi connectivity index (χ3n) is 3.00. The summed E-state index contributed by atoms with van der Waals surface area (Å²) in [5.74, 6) is 0.114. The molecule has 0 saturated heterocycles. The maximum Gasteiger partial charge on any atom is 0.134 e. The van der Waals surface area contributed by atoms with Gasteiger partial charge in [-0.3, -0.25) is 4.98 Å². The highest BCUT2D eigenvalue weighted by Gasteiger charge is 2.02. The molecule has 4 heteroatoms. The summed E-state index contributed by atoms with van der Waals surface area (Å²) in [4.78, 5) is 4.38. The van der Waals surface area contributed by atoms with Gasteiger partial charge in [0.05, 0.1) is 10.7 Å². The minimum atomic E-state index is 0.114. The average molecular weight is 277 g/mol. The van der Waals surface area contributed by atoms with Crippen molar-refractivity contribution in [1.82, 2.24) is 10.3 Å². The van der Waals surface area contributed by atoms with Crippen LogP contribution in [0.3, 0.4) is 0 Å². The van der Waals surface area contributed by atoms with Crippen molar-refractivity contribution < 1.29 is 5.11 Å². The molecule has 1 aromatic heterocycles. The molecule has 1 aromatic carbocycles. The van der Waals surface area contributed by atoms with Crippen molar-refractivity contribution in [2.75, 3.05) is 0 Å². The quantitative estimate of drug-likeness (QED) is 0.881. The van der Waals surface area contributed by atoms with Crippen molar-refractivity contribution in [1.29, 1.82) is 0 Å². The molecule has 0 amide bonds. The summed E-state index contributed by atoms with van der Waals surface area (Å²) in [6, 6.07) is 9.29. The number of hydrogen-bond donors (Lipinski definition) is 2. The number of aromatic hydroxyl groups is 1. The number of aryl methyl sites for hydroxylation is 1. The number of nitrogens with one attached hydrogen (secondary N) is 1. The average Bonchev–Trinajstić information content (AvgIpc) is 2.43. The summed E-state index contributed by atoms with van der Waals surface area (Å²) < 4.78 is 0. The van der Waals surface area contributed by atoms with E-state index in [-0.39, 0.29) is 5.75 Å². The first-order valence-corrected chi connectivity index (χ1v) is 6.69. The van der Waals surface area contributed by atoms with Crippen LogP contribution in [0.15, 0.2) is 36.5 Å². The fourth-order valence-electron chi connectivity index (χ4n) is 1.94. The number of phenolic OH excluding ortho intramolecular Hbond substituents is 1. The molecule has 1 heterocycles. The molecule has 2 N–H and O–H groups in total. The Morgan fingerprint density at radius 2 is 2.11 bits per heavy atom. The molecule has 0 radical (unpaired) electrons. The Hall–Kier alpha value is -1.58. The summed E-state index contributed by atoms with van der Waals surface area (Å²) in [7, 11) is 0. The van der Waals surface area contributed by atoms with Crippen molar-refractivity contribution in [2.24, 2.45) is 0 Å². The number of hydrogen-bond acceptors (Lipinski definition) is 3. The monoisotopic (exact) mass is 276 g/mol. The molecule has 0 aliphatic heterocycles. The second-order valence-corrected chi connectivity index (χ2v) is 4.76. The summed E-state index contributed by atoms with van der Waals surface area (Å²) >= 11 is 5.87. The molecular formula is C15H17ClN2O. The van der Waals surface area contributed by atoms with Crippen LogP contribution in [0.5, 0.6) is 5.75 Å². The number of benzene rings is 1. The van der Waals surface area contributed by atoms with Crippen LogP contribution in [0.2, 0.25) is 5.02 Å². The lowest BCUT2D eigenvalue weighted by atomic mass is 10.1. The van der Waals surface area contributed by atoms with Crippen molar-refractivity contribution in [3.8, 4) is 5.75 Å². The van der Waals surface area contributed by atoms with Gasteiger partial charge in [-0.15, -0.1) is 0 Å². The van der Waals surface area contributed by atoms with Crippen LogP contribution in [0.1, 0.15) is 23.7 Å². The number of nitrogens with zero attached hydrogens (tertiary/aromatic N) is 1. The maximum absolute atomic E-state index is 9.35. The van der Waals surface area contributed by atoms with Gasteiger partial charge in [-0.2, -0.15) is 0 Å². The molecule has 3 nitrogen and oxygen atoms in total. The van der Waals surface area contributed by atoms with Gasteiger partial charge in [0, 0.05) is 19.3 Å². The lowest BCUT2D eigenvalue weighted by Crippen LogP contribution is -2.15. The third kappa shape index (κ3) is 3.69. The van der Waals surface area contributed by atoms with E-state index in [0.717, 1.165) is 24.2 Å². The minimum absolute atomic E-state index is 0.114. The van der Waals surface area contributed by atoms with Gasteiger partial charge in [0.25, 0.3) is 0 Å². The van der Waals surface area contributed by atoms with Crippen molar-refractivity contribution in [3.63, 3.8) is 0 Å². The highest BCUT2D eigenvalue weighted by atomic mass is 35.5. The van der Waals surface area contributed by atoms with E-state index in [0.29, 0.717) is 11.6 Å². The Labute approximate surface area is 118 Å². The molecule has 0 spiro atoms. The molecule has 0 fully saturated rings. The van der Waals surface area contributed by atoms with Crippen molar-refractivity contribution >= 4 is 11.6 Å². The van der Waals surface area contributed by atoms with Crippen molar-refractivity contribution in [3.05, 3.63) is 58.4 Å². The topological polar surface area (TPSA) is 45.2 Å². The lowest BCUT2D eigenvalue weighted by Gasteiger charge is -2.08. The van der Waals surface area contributed by atoms with Crippen molar-refractivity contribution in [2.45, 2.75) is 26.4 Å². The molecule has 0 bridgehead atoms. The van der Waals surface area contributed by atoms with Gasteiger partial charge in [-0.1, -0.05) is 30.7 Å². The second-order valence-electron chi connectivity index (χ2n) is 4.35. The van der Waals surface area contributed by atoms with Gasteiger partial charge in [0.2, 0.25) is 0 Å². The van der Waals surface area contributed by atoms with E-state index < -0.39 is 0 Å². The Kier molecular flexibility index (Phi) is 4.77. The van der Waals surface area contributed by atoms with Gasteiger partial charge >= 0.3 is 0 Å². The Morgan fingerprint density at radius 1 is 1.26 bits per heavy atom. The first-order chi connectivity index (χ1) is 9.20. The molecule has 0 unspecified atom stereocenters. The van der Waals surface area contributed by atoms with E-state index >= 15 is 0 Å². The molecular weight excluding hydrogens is 260 g/mol. The predicted octanol–water partition coefficient (Wildman–Crippen LogP) is 3.29. The number of rotatable bonds is 5. The van der Waals surface area contributed by atoms with Crippen LogP contribution >= 0.6 is 11.6 Å². The van der Waals surface area contributed by atoms with Crippen LogP contribution < -0.4 is 5.32 Å². The minimum Gasteiger partial charge on any atom is -0.506 e. The van der Waals surface area contributed by atoms with E-state index in [1.807, 2.05) is 18.3 Å². The third-order valence-corrected chi connectivity index (χ3v) is 3.30. The zero-order valence-corrected chi connectivity index (χ0v) is 11.6. The van der Waals surface area contributed by atoms with Crippen LogP contribution in [0.25, 0.3) is 0 Å². The lowest BCUT2D eigenvalue weighted by molar-refractivity contribution is 0.475. The van der Waals surface area contributed by atoms with Gasteiger partial charge < -0.3 is 10.4 Å². The van der Waals surface area contributed by atoms with E-state index in [9.17, 15) is 5.11 Å². The molecule has 2 rings (SSSR count). The van der Waals surface area contributed by atoms with Gasteiger partial charge in [0.1, 0.15) is 5.75 Å². The maximum atomic E-state index is 9.35. The van der Waals surface area contributed by atoms with E-state index in [4.69, 9.17) is 11.6 Å². The standard InChI is InChI=1S/C15H17ClN2O/c1-2-12-4-3-7-18-14(12)10-17-9-11-5-6-15(19)13(16)8-11/h3-8,17,19H,2,9-10H2,1H3. The zero-order chi connectivity index (χ0) is 13.7. The molecule has 0 saturated carbocycles. The summed E-state index contributed by atoms with van der Waals surface area (Å²) in [6.45, 7) is 3.54. The summed E-state index contributed by atoms with van der Waals surface area (Å²) in [5, 5.41) is 13.1. The fourth-order valence-corrected chi connectivity index (χ4v) is 2.14. The van der Waals surface area contributed by atoms with Crippen LogP contribution in [-0.2, 0) is 19.5 Å². The van der Waals surface area contributed by atoms with Crippen LogP contribution in [-0.4, -0.2) is 10.1 Å². The Balaban J connectivity index is 1.94. The second kappa shape index (κ2) is 6.55. The molecule has 0 atom stereocenters. The van der Waals surface area contributed by atoms with Gasteiger partial charge in [-0.05, 0) is 35.7 Å². The van der Waals surface area contributed by atoms with Crippen LogP contribution in [0.4, 0.5) is 0 Å². The number of halogens is 1. The molecule has 2 aromatic rings. The number of aromatic nitrogens is 1. The fraction of sp³-hybridized carbons (Fsp3) is 0.267. The summed E-state index contributed by atoms with van der Waals surface area (Å²) in [6.07, 6.45) is 2.80. The van der Waals surface area contributed by atoms with E-state index in [2.05, 4.69) is 23.3 Å². The van der Waals surface area contributed by atoms with Gasteiger partial charge in [0.15, 0.2) is 0 Å². The molecule has 0 aliphatic carbocycles. The highest BCUT2D eigenvalue weighted by molar-refractivity contribution is 6.32. The summed E-state index contributed by atoms with van der Waals surface area (Å²) in [5.41, 5.74) is 3.38. The Morgan fingerprint density at radius 3 is 2.84 bits per heavy atom. The number of pyridine rings is 1. The smallest absolute Gasteiger partial charge is 0.134 e. The normalized spacial score (nSPS) is 10.6. The zero-order valence-electron chi connectivity index (χ0n) is 10.9. The molecule has 100 valence electrons. The first-order valence-electron chi connectivity index (χ1n) is 6.31. The SMILES string of the molecule is CCc1cccnc1CNCc1ccc(O)c(Cl)c1. The predicted molar refractivity (Wildman–Crippen MR) is 77.3 cm³/mol. The molecule has 0 aliphatic rings. The van der Waals surface area contributed by atoms with Gasteiger partial charge in [-0.25, -0.2) is 0 Å². The highest BCUT2D eigenvalue weighted by Crippen LogP contribution is 2.23. The number of phenols is 1. The largest absolute Gasteiger partial charge is 0.506 e. The molecule has 19 heavy (non-hydrogen) atoms. The first kappa shape index (κ1) is 13.8. The van der Waals surface area contributed by atoms with Crippen LogP contribution in [0, 0.1) is 0 Å².